The van der Waals surface area contributed by atoms with Crippen LogP contribution in [0.2, 0.25) is 0 Å². The topological polar surface area (TPSA) is 139 Å². The van der Waals surface area contributed by atoms with Gasteiger partial charge in [-0.3, -0.25) is 19.3 Å². The molecule has 3 aliphatic rings. The molecule has 0 unspecified atom stereocenters. The van der Waals surface area contributed by atoms with Gasteiger partial charge in [-0.2, -0.15) is 0 Å². The number of rotatable bonds is 15. The summed E-state index contributed by atoms with van der Waals surface area (Å²) in [4.78, 5) is 68.0. The third kappa shape index (κ3) is 8.63. The molecule has 4 heterocycles. The molecule has 0 aliphatic carbocycles. The second-order valence-electron chi connectivity index (χ2n) is 14.7. The second kappa shape index (κ2) is 19.2. The number of hydrogen-bond donors (Lipinski definition) is 2. The standard InChI is InChI=1S/C49H39N5O6S4/c1-59-53-40(37-29-63-48(50-37)52-49(33-21-11-4-12-22-33,34-23-13-5-14-24-34)35-25-15-6-16-26-35)44(56)51-41-45(57)54-42(38(30-62-46(41)54)64-36-27-39(55)61-28-36)47(58)60-43(31-17-7-2-8-18-31)32-19-9-3-10-20-32/h2-27,29,41,43,46H,28,30H2,1H3,(H,50,52)(H,51,56)/b53-40-/t41-,46-/m1/s1. The molecule has 3 aliphatic heterocycles. The Kier molecular flexibility index (Phi) is 12.8. The van der Waals surface area contributed by atoms with Crippen LogP contribution >= 0.6 is 46.6 Å². The van der Waals surface area contributed by atoms with Crippen molar-refractivity contribution >= 4 is 80.4 Å². The van der Waals surface area contributed by atoms with Crippen molar-refractivity contribution in [2.24, 2.45) is 5.16 Å². The van der Waals surface area contributed by atoms with Gasteiger partial charge in [-0.05, 0) is 27.8 Å². The maximum Gasteiger partial charge on any atom is 0.356 e. The van der Waals surface area contributed by atoms with Crippen molar-refractivity contribution in [1.82, 2.24) is 15.2 Å². The number of nitrogens with zero attached hydrogens (tertiary/aromatic N) is 3. The summed E-state index contributed by atoms with van der Waals surface area (Å²) in [6, 6.07) is 48.1. The molecule has 0 spiro atoms. The molecule has 2 N–H and O–H groups in total. The number of oxime groups is 1. The Labute approximate surface area is 386 Å². The molecule has 0 radical (unpaired) electrons. The highest BCUT2D eigenvalue weighted by Gasteiger charge is 2.55. The highest BCUT2D eigenvalue weighted by molar-refractivity contribution is 8.17. The molecule has 15 heteroatoms. The summed E-state index contributed by atoms with van der Waals surface area (Å²) in [6.07, 6.45) is 0.792. The average Bonchev–Trinajstić information content (AvgIpc) is 3.99. The molecule has 5 aromatic carbocycles. The quantitative estimate of drug-likeness (QED) is 0.0336. The fraction of sp³-hybridized carbons (Fsp3) is 0.143. The Balaban J connectivity index is 0.985. The van der Waals surface area contributed by atoms with E-state index in [1.807, 2.05) is 115 Å². The van der Waals surface area contributed by atoms with Crippen molar-refractivity contribution in [1.29, 1.82) is 0 Å². The number of fused-ring (bicyclic) bond motifs is 1. The van der Waals surface area contributed by atoms with E-state index < -0.39 is 40.8 Å². The van der Waals surface area contributed by atoms with Crippen LogP contribution in [0.25, 0.3) is 0 Å². The lowest BCUT2D eigenvalue weighted by Gasteiger charge is -2.49. The van der Waals surface area contributed by atoms with Crippen LogP contribution in [-0.2, 0) is 34.3 Å². The number of thioether (sulfide) groups is 3. The van der Waals surface area contributed by atoms with Crippen LogP contribution in [0.4, 0.5) is 5.13 Å². The predicted octanol–water partition coefficient (Wildman–Crippen LogP) is 8.73. The minimum Gasteiger partial charge on any atom is -0.448 e. The van der Waals surface area contributed by atoms with Crippen LogP contribution in [-0.4, -0.2) is 68.5 Å². The predicted molar refractivity (Wildman–Crippen MR) is 254 cm³/mol. The zero-order chi connectivity index (χ0) is 44.0. The molecule has 1 aromatic heterocycles. The van der Waals surface area contributed by atoms with E-state index in [1.54, 1.807) is 11.5 Å². The summed E-state index contributed by atoms with van der Waals surface area (Å²) in [6.45, 7) is 0. The molecule has 6 aromatic rings. The van der Waals surface area contributed by atoms with Gasteiger partial charge in [0.15, 0.2) is 16.9 Å². The summed E-state index contributed by atoms with van der Waals surface area (Å²) in [5, 5.41) is 12.2. The molecule has 1 saturated heterocycles. The molecule has 320 valence electrons. The second-order valence-corrected chi connectivity index (χ2v) is 18.9. The molecular formula is C49H39N5O6S4. The lowest BCUT2D eigenvalue weighted by molar-refractivity contribution is -0.154. The number of amides is 2. The average molecular weight is 922 g/mol. The van der Waals surface area contributed by atoms with E-state index in [9.17, 15) is 19.2 Å². The summed E-state index contributed by atoms with van der Waals surface area (Å²) in [5.74, 6) is -1.06. The molecule has 9 rings (SSSR count). The SMILES string of the molecule is CO/N=C(\C(=O)N[C@@H]1C(=O)N2C(C(=O)OC(c3ccccc3)c3ccccc3)=C(SC3=CC(=O)SC3)CS[C@H]12)c1csc(NC(c2ccccc2)(c2ccccc2)c2ccccc2)n1. The number of nitrogens with one attached hydrogen (secondary N) is 2. The number of esters is 1. The van der Waals surface area contributed by atoms with E-state index in [1.165, 1.54) is 58.6 Å². The van der Waals surface area contributed by atoms with Crippen LogP contribution in [0.3, 0.4) is 0 Å². The van der Waals surface area contributed by atoms with Crippen LogP contribution in [0.1, 0.15) is 39.6 Å². The van der Waals surface area contributed by atoms with E-state index in [0.717, 1.165) is 32.7 Å². The van der Waals surface area contributed by atoms with Gasteiger partial charge in [0.25, 0.3) is 11.8 Å². The molecule has 2 amide bonds. The number of anilines is 1. The number of benzene rings is 5. The number of aromatic nitrogens is 1. The molecule has 2 atom stereocenters. The lowest BCUT2D eigenvalue weighted by Crippen LogP contribution is -2.71. The van der Waals surface area contributed by atoms with E-state index in [4.69, 9.17) is 14.6 Å². The van der Waals surface area contributed by atoms with Gasteiger partial charge < -0.3 is 20.2 Å². The lowest BCUT2D eigenvalue weighted by atomic mass is 9.77. The third-order valence-corrected chi connectivity index (χ3v) is 15.2. The zero-order valence-electron chi connectivity index (χ0n) is 34.2. The highest BCUT2D eigenvalue weighted by atomic mass is 32.2. The Morgan fingerprint density at radius 3 is 1.86 bits per heavy atom. The minimum absolute atomic E-state index is 0.0657. The van der Waals surface area contributed by atoms with Gasteiger partial charge in [-0.25, -0.2) is 9.78 Å². The van der Waals surface area contributed by atoms with Crippen LogP contribution in [0.5, 0.6) is 0 Å². The van der Waals surface area contributed by atoms with Crippen molar-refractivity contribution in [3.63, 3.8) is 0 Å². The largest absolute Gasteiger partial charge is 0.448 e. The molecule has 0 saturated carbocycles. The number of hydrogen-bond acceptors (Lipinski definition) is 13. The fourth-order valence-electron chi connectivity index (χ4n) is 7.87. The van der Waals surface area contributed by atoms with Crippen LogP contribution in [0, 0.1) is 0 Å². The van der Waals surface area contributed by atoms with Gasteiger partial charge in [-0.15, -0.1) is 23.1 Å². The first-order valence-electron chi connectivity index (χ1n) is 20.2. The Bertz CT molecular complexity index is 2630. The molecule has 11 nitrogen and oxygen atoms in total. The Morgan fingerprint density at radius 1 is 0.797 bits per heavy atom. The maximum absolute atomic E-state index is 14.5. The van der Waals surface area contributed by atoms with E-state index >= 15 is 0 Å². The number of carbonyl (C=O) groups excluding carboxylic acids is 4. The molecular weight excluding hydrogens is 883 g/mol. The van der Waals surface area contributed by atoms with E-state index in [2.05, 4.69) is 52.2 Å². The smallest absolute Gasteiger partial charge is 0.356 e. The number of thiazole rings is 1. The summed E-state index contributed by atoms with van der Waals surface area (Å²) in [7, 11) is 1.34. The van der Waals surface area contributed by atoms with Crippen molar-refractivity contribution in [2.75, 3.05) is 23.9 Å². The first-order valence-corrected chi connectivity index (χ1v) is 23.9. The first-order chi connectivity index (χ1) is 31.3. The molecule has 0 bridgehead atoms. The van der Waals surface area contributed by atoms with Gasteiger partial charge in [0.05, 0.1) is 0 Å². The van der Waals surface area contributed by atoms with Crippen molar-refractivity contribution in [3.05, 3.63) is 212 Å². The Morgan fingerprint density at radius 2 is 1.34 bits per heavy atom. The van der Waals surface area contributed by atoms with Gasteiger partial charge in [0, 0.05) is 32.8 Å². The van der Waals surface area contributed by atoms with E-state index in [-0.39, 0.29) is 22.2 Å². The zero-order valence-corrected chi connectivity index (χ0v) is 37.4. The number of carbonyl (C=O) groups is 4. The van der Waals surface area contributed by atoms with Crippen molar-refractivity contribution in [3.8, 4) is 0 Å². The number of ether oxygens (including phenoxy) is 1. The van der Waals surface area contributed by atoms with Gasteiger partial charge in [0.2, 0.25) is 5.12 Å². The maximum atomic E-state index is 14.5. The molecule has 1 fully saturated rings. The molecule has 64 heavy (non-hydrogen) atoms. The normalized spacial score (nSPS) is 17.4. The van der Waals surface area contributed by atoms with Gasteiger partial charge >= 0.3 is 5.97 Å². The number of β-lactam (4-membered cyclic amide) rings is 1. The Hall–Kier alpha value is -6.39. The minimum atomic E-state index is -1.01. The van der Waals surface area contributed by atoms with E-state index in [0.29, 0.717) is 21.5 Å². The van der Waals surface area contributed by atoms with Crippen LogP contribution < -0.4 is 10.6 Å². The summed E-state index contributed by atoms with van der Waals surface area (Å²) in [5.41, 5.74) is 3.79. The van der Waals surface area contributed by atoms with Gasteiger partial charge in [-0.1, -0.05) is 180 Å². The fourth-order valence-corrected chi connectivity index (χ4v) is 12.1. The van der Waals surface area contributed by atoms with Gasteiger partial charge in [0.1, 0.15) is 35.5 Å². The summed E-state index contributed by atoms with van der Waals surface area (Å²) < 4.78 is 6.30. The first kappa shape index (κ1) is 42.9. The highest BCUT2D eigenvalue weighted by Crippen LogP contribution is 2.47. The van der Waals surface area contributed by atoms with Crippen molar-refractivity contribution < 1.29 is 28.8 Å². The third-order valence-electron chi connectivity index (χ3n) is 10.8. The van der Waals surface area contributed by atoms with Crippen molar-refractivity contribution in [2.45, 2.75) is 23.1 Å². The summed E-state index contributed by atoms with van der Waals surface area (Å²) >= 11 is 5.19. The van der Waals surface area contributed by atoms with Crippen LogP contribution in [0.15, 0.2) is 184 Å². The monoisotopic (exact) mass is 921 g/mol.